The lowest BCUT2D eigenvalue weighted by Crippen LogP contribution is -2.38. The summed E-state index contributed by atoms with van der Waals surface area (Å²) < 4.78 is 0. The molecule has 1 aromatic rings. The molecule has 0 aliphatic rings. The van der Waals surface area contributed by atoms with Gasteiger partial charge in [-0.3, -0.25) is 4.99 Å². The second kappa shape index (κ2) is 15.1. The van der Waals surface area contributed by atoms with Crippen molar-refractivity contribution in [2.24, 2.45) is 4.99 Å². The molecule has 4 nitrogen and oxygen atoms in total. The number of guanidine groups is 1. The van der Waals surface area contributed by atoms with Gasteiger partial charge < -0.3 is 15.7 Å². The van der Waals surface area contributed by atoms with Gasteiger partial charge in [-0.05, 0) is 37.3 Å². The third-order valence-electron chi connectivity index (χ3n) is 3.19. The molecule has 0 aliphatic heterocycles. The Morgan fingerprint density at radius 2 is 1.96 bits per heavy atom. The molecule has 23 heavy (non-hydrogen) atoms. The number of benzene rings is 1. The van der Waals surface area contributed by atoms with Crippen molar-refractivity contribution in [3.8, 4) is 0 Å². The fourth-order valence-corrected chi connectivity index (χ4v) is 2.56. The van der Waals surface area contributed by atoms with Crippen LogP contribution in [0.1, 0.15) is 25.3 Å². The van der Waals surface area contributed by atoms with Crippen LogP contribution in [0.5, 0.6) is 0 Å². The maximum atomic E-state index is 10.1. The molecule has 0 saturated carbocycles. The second-order valence-electron chi connectivity index (χ2n) is 5.19. The molecule has 1 aromatic carbocycles. The number of rotatable bonds is 10. The largest absolute Gasteiger partial charge is 0.391 e. The lowest BCUT2D eigenvalue weighted by atomic mass is 10.1. The molecule has 3 N–H and O–H groups in total. The van der Waals surface area contributed by atoms with Crippen LogP contribution in [0.25, 0.3) is 0 Å². The topological polar surface area (TPSA) is 56.7 Å². The zero-order chi connectivity index (χ0) is 16.0. The van der Waals surface area contributed by atoms with Crippen molar-refractivity contribution in [1.82, 2.24) is 10.6 Å². The maximum Gasteiger partial charge on any atom is 0.191 e. The van der Waals surface area contributed by atoms with E-state index < -0.39 is 6.10 Å². The summed E-state index contributed by atoms with van der Waals surface area (Å²) in [6.07, 6.45) is 4.67. The standard InChI is InChI=1S/C17H29N3OS.HI/c1-3-18-17(19-11-7-8-12-22-2)20-14-16(21)13-15-9-5-4-6-10-15;/h4-6,9-10,16,21H,3,7-8,11-14H2,1-2H3,(H2,18,19,20);1H. The minimum Gasteiger partial charge on any atom is -0.391 e. The first kappa shape index (κ1) is 22.5. The van der Waals surface area contributed by atoms with Gasteiger partial charge in [-0.25, -0.2) is 0 Å². The average molecular weight is 451 g/mol. The highest BCUT2D eigenvalue weighted by Crippen LogP contribution is 2.03. The van der Waals surface area contributed by atoms with Crippen LogP contribution in [0, 0.1) is 0 Å². The highest BCUT2D eigenvalue weighted by atomic mass is 127. The van der Waals surface area contributed by atoms with E-state index in [0.717, 1.165) is 31.0 Å². The number of hydrogen-bond donors (Lipinski definition) is 3. The third-order valence-corrected chi connectivity index (χ3v) is 3.88. The van der Waals surface area contributed by atoms with Crippen molar-refractivity contribution in [3.63, 3.8) is 0 Å². The van der Waals surface area contributed by atoms with Crippen molar-refractivity contribution in [2.45, 2.75) is 32.3 Å². The third kappa shape index (κ3) is 11.7. The van der Waals surface area contributed by atoms with Gasteiger partial charge in [0, 0.05) is 19.5 Å². The lowest BCUT2D eigenvalue weighted by Gasteiger charge is -2.13. The predicted molar refractivity (Wildman–Crippen MR) is 113 cm³/mol. The van der Waals surface area contributed by atoms with Crippen molar-refractivity contribution < 1.29 is 5.11 Å². The molecule has 0 aromatic heterocycles. The fourth-order valence-electron chi connectivity index (χ4n) is 2.07. The summed E-state index contributed by atoms with van der Waals surface area (Å²) in [4.78, 5) is 4.47. The molecule has 0 fully saturated rings. The Kier molecular flexibility index (Phi) is 14.8. The number of unbranched alkanes of at least 4 members (excludes halogenated alkanes) is 1. The van der Waals surface area contributed by atoms with Crippen molar-refractivity contribution >= 4 is 41.7 Å². The van der Waals surface area contributed by atoms with E-state index in [2.05, 4.69) is 21.9 Å². The lowest BCUT2D eigenvalue weighted by molar-refractivity contribution is 0.183. The van der Waals surface area contributed by atoms with Crippen LogP contribution >= 0.6 is 35.7 Å². The minimum absolute atomic E-state index is 0. The number of nitrogens with zero attached hydrogens (tertiary/aromatic N) is 1. The van der Waals surface area contributed by atoms with E-state index in [4.69, 9.17) is 0 Å². The summed E-state index contributed by atoms with van der Waals surface area (Å²) in [5.74, 6) is 1.99. The van der Waals surface area contributed by atoms with E-state index in [1.807, 2.05) is 49.0 Å². The van der Waals surface area contributed by atoms with Crippen LogP contribution in [0.4, 0.5) is 0 Å². The van der Waals surface area contributed by atoms with Crippen LogP contribution in [0.2, 0.25) is 0 Å². The van der Waals surface area contributed by atoms with Gasteiger partial charge in [-0.2, -0.15) is 11.8 Å². The van der Waals surface area contributed by atoms with Gasteiger partial charge in [-0.1, -0.05) is 30.3 Å². The summed E-state index contributed by atoms with van der Waals surface area (Å²) in [7, 11) is 0. The minimum atomic E-state index is -0.450. The molecule has 132 valence electrons. The SMILES string of the molecule is CCNC(=NCC(O)Cc1ccccc1)NCCCCSC.I. The molecule has 0 spiro atoms. The van der Waals surface area contributed by atoms with Gasteiger partial charge in [0.2, 0.25) is 0 Å². The predicted octanol–water partition coefficient (Wildman–Crippen LogP) is 2.91. The molecule has 1 unspecified atom stereocenters. The Labute approximate surface area is 162 Å². The van der Waals surface area contributed by atoms with Crippen LogP contribution in [0.3, 0.4) is 0 Å². The van der Waals surface area contributed by atoms with Gasteiger partial charge in [0.15, 0.2) is 5.96 Å². The molecule has 1 rings (SSSR count). The molecule has 0 aliphatic carbocycles. The number of aliphatic imine (C=N–C) groups is 1. The molecule has 6 heteroatoms. The average Bonchev–Trinajstić information content (AvgIpc) is 2.53. The van der Waals surface area contributed by atoms with Crippen LogP contribution in [-0.2, 0) is 6.42 Å². The smallest absolute Gasteiger partial charge is 0.191 e. The van der Waals surface area contributed by atoms with E-state index >= 15 is 0 Å². The molecule has 1 atom stereocenters. The summed E-state index contributed by atoms with van der Waals surface area (Å²) >= 11 is 1.88. The van der Waals surface area contributed by atoms with E-state index in [1.54, 1.807) is 0 Å². The van der Waals surface area contributed by atoms with Crippen LogP contribution in [0.15, 0.2) is 35.3 Å². The molecule has 0 bridgehead atoms. The van der Waals surface area contributed by atoms with Crippen LogP contribution in [-0.4, -0.2) is 48.8 Å². The molecule has 0 saturated heterocycles. The molecule has 0 heterocycles. The summed E-state index contributed by atoms with van der Waals surface area (Å²) in [6, 6.07) is 10.0. The molecular weight excluding hydrogens is 421 g/mol. The van der Waals surface area contributed by atoms with Gasteiger partial charge in [0.05, 0.1) is 12.6 Å². The quantitative estimate of drug-likeness (QED) is 0.222. The Balaban J connectivity index is 0.00000484. The van der Waals surface area contributed by atoms with Crippen LogP contribution < -0.4 is 10.6 Å². The first-order valence-corrected chi connectivity index (χ1v) is 9.38. The number of nitrogens with one attached hydrogen (secondary N) is 2. The van der Waals surface area contributed by atoms with Gasteiger partial charge in [0.1, 0.15) is 0 Å². The molecule has 0 radical (unpaired) electrons. The maximum absolute atomic E-state index is 10.1. The highest BCUT2D eigenvalue weighted by molar-refractivity contribution is 14.0. The zero-order valence-electron chi connectivity index (χ0n) is 14.1. The highest BCUT2D eigenvalue weighted by Gasteiger charge is 2.05. The van der Waals surface area contributed by atoms with Gasteiger partial charge in [0.25, 0.3) is 0 Å². The second-order valence-corrected chi connectivity index (χ2v) is 6.18. The Hall–Kier alpha value is -0.470. The Morgan fingerprint density at radius 1 is 1.22 bits per heavy atom. The summed E-state index contributed by atoms with van der Waals surface area (Å²) in [5.41, 5.74) is 1.14. The van der Waals surface area contributed by atoms with Crippen molar-refractivity contribution in [1.29, 1.82) is 0 Å². The van der Waals surface area contributed by atoms with Gasteiger partial charge >= 0.3 is 0 Å². The van der Waals surface area contributed by atoms with E-state index in [9.17, 15) is 5.11 Å². The molecular formula is C17H30IN3OS. The molecule has 0 amide bonds. The summed E-state index contributed by atoms with van der Waals surface area (Å²) in [6.45, 7) is 4.20. The Morgan fingerprint density at radius 3 is 2.61 bits per heavy atom. The normalized spacial score (nSPS) is 12.4. The van der Waals surface area contributed by atoms with Crippen molar-refractivity contribution in [3.05, 3.63) is 35.9 Å². The van der Waals surface area contributed by atoms with E-state index in [0.29, 0.717) is 13.0 Å². The zero-order valence-corrected chi connectivity index (χ0v) is 17.3. The number of aliphatic hydroxyl groups is 1. The van der Waals surface area contributed by atoms with E-state index in [1.165, 1.54) is 12.2 Å². The number of thioether (sulfide) groups is 1. The summed E-state index contributed by atoms with van der Waals surface area (Å²) in [5, 5.41) is 16.6. The first-order chi connectivity index (χ1) is 10.8. The fraction of sp³-hybridized carbons (Fsp3) is 0.588. The number of halogens is 1. The van der Waals surface area contributed by atoms with Crippen molar-refractivity contribution in [2.75, 3.05) is 31.6 Å². The van der Waals surface area contributed by atoms with Gasteiger partial charge in [-0.15, -0.1) is 24.0 Å². The first-order valence-electron chi connectivity index (χ1n) is 7.99. The number of aliphatic hydroxyl groups excluding tert-OH is 1. The monoisotopic (exact) mass is 451 g/mol. The Bertz CT molecular complexity index is 418. The van der Waals surface area contributed by atoms with E-state index in [-0.39, 0.29) is 24.0 Å². The number of hydrogen-bond acceptors (Lipinski definition) is 3.